The lowest BCUT2D eigenvalue weighted by Crippen LogP contribution is -2.44. The molecular weight excluding hydrogens is 348 g/mol. The van der Waals surface area contributed by atoms with E-state index in [0.29, 0.717) is 10.9 Å². The summed E-state index contributed by atoms with van der Waals surface area (Å²) in [5.74, 6) is 0.318. The Morgan fingerprint density at radius 3 is 2.50 bits per heavy atom. The summed E-state index contributed by atoms with van der Waals surface area (Å²) in [5.41, 5.74) is 0.724. The van der Waals surface area contributed by atoms with Crippen molar-refractivity contribution in [3.8, 4) is 0 Å². The van der Waals surface area contributed by atoms with E-state index in [0.717, 1.165) is 17.7 Å². The van der Waals surface area contributed by atoms with Gasteiger partial charge in [-0.1, -0.05) is 54.1 Å². The van der Waals surface area contributed by atoms with Crippen LogP contribution in [0.3, 0.4) is 0 Å². The van der Waals surface area contributed by atoms with Gasteiger partial charge in [0, 0.05) is 11.6 Å². The number of ether oxygens (including phenoxy) is 1. The smallest absolute Gasteiger partial charge is 0.341 e. The highest BCUT2D eigenvalue weighted by atomic mass is 35.5. The summed E-state index contributed by atoms with van der Waals surface area (Å²) in [4.78, 5) is 20.0. The molecule has 4 nitrogen and oxygen atoms in total. The third-order valence-electron chi connectivity index (χ3n) is 5.20. The molecule has 0 spiro atoms. The molecular formula is C21H21ClN2O2. The van der Waals surface area contributed by atoms with E-state index in [1.165, 1.54) is 20.0 Å². The fourth-order valence-electron chi connectivity index (χ4n) is 3.73. The fourth-order valence-corrected chi connectivity index (χ4v) is 3.86. The number of esters is 1. The van der Waals surface area contributed by atoms with E-state index in [1.807, 2.05) is 60.9 Å². The molecule has 2 aromatic carbocycles. The standard InChI is InChI=1S/C21H21ClN2O2/c1-26-20(25)21(17-5-3-2-4-6-17)19(16-9-11-18(22)12-10-16)24(14-23-21)13-15-7-8-15/h2-6,9-12,14-15,19H,7-8,13H2,1H3/t19-,21-/m0/s1. The van der Waals surface area contributed by atoms with E-state index < -0.39 is 5.54 Å². The highest BCUT2D eigenvalue weighted by Crippen LogP contribution is 2.48. The van der Waals surface area contributed by atoms with E-state index in [-0.39, 0.29) is 12.0 Å². The van der Waals surface area contributed by atoms with Gasteiger partial charge < -0.3 is 9.64 Å². The largest absolute Gasteiger partial charge is 0.467 e. The summed E-state index contributed by atoms with van der Waals surface area (Å²) in [5, 5.41) is 0.671. The predicted octanol–water partition coefficient (Wildman–Crippen LogP) is 4.20. The Morgan fingerprint density at radius 2 is 1.88 bits per heavy atom. The predicted molar refractivity (Wildman–Crippen MR) is 102 cm³/mol. The first-order valence-corrected chi connectivity index (χ1v) is 9.23. The molecule has 0 saturated heterocycles. The van der Waals surface area contributed by atoms with Crippen LogP contribution in [-0.2, 0) is 15.1 Å². The third kappa shape index (κ3) is 2.88. The molecule has 0 unspecified atom stereocenters. The Morgan fingerprint density at radius 1 is 1.19 bits per heavy atom. The molecule has 1 aliphatic carbocycles. The van der Waals surface area contributed by atoms with Gasteiger partial charge in [-0.3, -0.25) is 0 Å². The number of methoxy groups -OCH3 is 1. The molecule has 1 saturated carbocycles. The minimum Gasteiger partial charge on any atom is -0.467 e. The molecule has 26 heavy (non-hydrogen) atoms. The van der Waals surface area contributed by atoms with Crippen LogP contribution in [0, 0.1) is 5.92 Å². The van der Waals surface area contributed by atoms with Gasteiger partial charge >= 0.3 is 5.97 Å². The number of benzene rings is 2. The molecule has 0 N–H and O–H groups in total. The number of carbonyl (C=O) groups excluding carboxylic acids is 1. The van der Waals surface area contributed by atoms with Crippen molar-refractivity contribution in [2.75, 3.05) is 13.7 Å². The summed E-state index contributed by atoms with van der Waals surface area (Å²) in [7, 11) is 1.42. The van der Waals surface area contributed by atoms with Crippen molar-refractivity contribution in [1.82, 2.24) is 4.90 Å². The minimum absolute atomic E-state index is 0.254. The zero-order valence-electron chi connectivity index (χ0n) is 14.6. The molecule has 4 rings (SSSR count). The van der Waals surface area contributed by atoms with Crippen molar-refractivity contribution < 1.29 is 9.53 Å². The summed E-state index contributed by atoms with van der Waals surface area (Å²) in [6, 6.07) is 17.1. The van der Waals surface area contributed by atoms with Gasteiger partial charge in [-0.25, -0.2) is 9.79 Å². The van der Waals surface area contributed by atoms with Crippen molar-refractivity contribution in [3.05, 3.63) is 70.7 Å². The van der Waals surface area contributed by atoms with Crippen molar-refractivity contribution in [2.45, 2.75) is 24.4 Å². The van der Waals surface area contributed by atoms with Crippen molar-refractivity contribution in [1.29, 1.82) is 0 Å². The summed E-state index contributed by atoms with van der Waals surface area (Å²) >= 11 is 6.09. The van der Waals surface area contributed by atoms with Gasteiger partial charge in [0.2, 0.25) is 5.54 Å². The van der Waals surface area contributed by atoms with Crippen molar-refractivity contribution in [3.63, 3.8) is 0 Å². The van der Waals surface area contributed by atoms with Gasteiger partial charge in [-0.05, 0) is 42.0 Å². The zero-order chi connectivity index (χ0) is 18.1. The maximum atomic E-state index is 13.0. The Balaban J connectivity index is 1.85. The number of nitrogens with zero attached hydrogens (tertiary/aromatic N) is 2. The number of hydrogen-bond acceptors (Lipinski definition) is 4. The lowest BCUT2D eigenvalue weighted by molar-refractivity contribution is -0.149. The normalized spacial score (nSPS) is 24.7. The Bertz CT molecular complexity index is 818. The Hall–Kier alpha value is -2.33. The summed E-state index contributed by atoms with van der Waals surface area (Å²) < 4.78 is 5.23. The first-order valence-electron chi connectivity index (χ1n) is 8.85. The number of halogens is 1. The van der Waals surface area contributed by atoms with Gasteiger partial charge in [-0.2, -0.15) is 0 Å². The number of carbonyl (C=O) groups is 1. The van der Waals surface area contributed by atoms with E-state index in [4.69, 9.17) is 21.3 Å². The molecule has 0 aromatic heterocycles. The summed E-state index contributed by atoms with van der Waals surface area (Å²) in [6.45, 7) is 0.891. The molecule has 2 aliphatic rings. The Kier molecular flexibility index (Phi) is 4.45. The first-order chi connectivity index (χ1) is 12.6. The van der Waals surface area contributed by atoms with Gasteiger partial charge in [0.1, 0.15) is 0 Å². The minimum atomic E-state index is -1.11. The first kappa shape index (κ1) is 17.1. The molecule has 134 valence electrons. The Labute approximate surface area is 158 Å². The maximum Gasteiger partial charge on any atom is 0.341 e. The maximum absolute atomic E-state index is 13.0. The van der Waals surface area contributed by atoms with Crippen LogP contribution >= 0.6 is 11.6 Å². The van der Waals surface area contributed by atoms with E-state index >= 15 is 0 Å². The molecule has 2 atom stereocenters. The van der Waals surface area contributed by atoms with E-state index in [9.17, 15) is 4.79 Å². The van der Waals surface area contributed by atoms with Gasteiger partial charge in [-0.15, -0.1) is 0 Å². The molecule has 0 bridgehead atoms. The van der Waals surface area contributed by atoms with Crippen LogP contribution in [0.5, 0.6) is 0 Å². The van der Waals surface area contributed by atoms with Gasteiger partial charge in [0.25, 0.3) is 0 Å². The molecule has 1 fully saturated rings. The van der Waals surface area contributed by atoms with Crippen LogP contribution in [-0.4, -0.2) is 30.9 Å². The third-order valence-corrected chi connectivity index (χ3v) is 5.45. The van der Waals surface area contributed by atoms with Crippen molar-refractivity contribution in [2.24, 2.45) is 10.9 Å². The topological polar surface area (TPSA) is 41.9 Å². The van der Waals surface area contributed by atoms with E-state index in [2.05, 4.69) is 4.90 Å². The van der Waals surface area contributed by atoms with Gasteiger partial charge in [0.05, 0.1) is 19.5 Å². The van der Waals surface area contributed by atoms with Crippen LogP contribution in [0.15, 0.2) is 59.6 Å². The lowest BCUT2D eigenvalue weighted by atomic mass is 9.80. The molecule has 5 heteroatoms. The second-order valence-electron chi connectivity index (χ2n) is 6.96. The molecule has 2 aromatic rings. The van der Waals surface area contributed by atoms with Crippen molar-refractivity contribution >= 4 is 23.9 Å². The molecule has 0 amide bonds. The SMILES string of the molecule is COC(=O)[C@@]1(c2ccccc2)N=CN(CC2CC2)[C@H]1c1ccc(Cl)cc1. The lowest BCUT2D eigenvalue weighted by Gasteiger charge is -2.36. The highest BCUT2D eigenvalue weighted by molar-refractivity contribution is 6.30. The van der Waals surface area contributed by atoms with Crippen LogP contribution in [0.2, 0.25) is 5.02 Å². The number of hydrogen-bond donors (Lipinski definition) is 0. The zero-order valence-corrected chi connectivity index (χ0v) is 15.4. The second-order valence-corrected chi connectivity index (χ2v) is 7.40. The number of aliphatic imine (C=N–C) groups is 1. The fraction of sp³-hybridized carbons (Fsp3) is 0.333. The van der Waals surface area contributed by atoms with Crippen LogP contribution < -0.4 is 0 Å². The molecule has 1 aliphatic heterocycles. The number of rotatable bonds is 5. The second kappa shape index (κ2) is 6.76. The average molecular weight is 369 g/mol. The molecule has 1 heterocycles. The van der Waals surface area contributed by atoms with Crippen LogP contribution in [0.25, 0.3) is 0 Å². The highest BCUT2D eigenvalue weighted by Gasteiger charge is 2.54. The quantitative estimate of drug-likeness (QED) is 0.742. The van der Waals surface area contributed by atoms with Gasteiger partial charge in [0.15, 0.2) is 0 Å². The monoisotopic (exact) mass is 368 g/mol. The average Bonchev–Trinajstić information content (AvgIpc) is 3.41. The van der Waals surface area contributed by atoms with E-state index in [1.54, 1.807) is 0 Å². The van der Waals surface area contributed by atoms with Crippen LogP contribution in [0.1, 0.15) is 30.0 Å². The van der Waals surface area contributed by atoms with Crippen LogP contribution in [0.4, 0.5) is 0 Å². The summed E-state index contributed by atoms with van der Waals surface area (Å²) in [6.07, 6.45) is 4.28. The molecule has 0 radical (unpaired) electrons.